The number of imide groups is 1. The fraction of sp³-hybridized carbons (Fsp3) is 0.455. The lowest BCUT2D eigenvalue weighted by Crippen LogP contribution is -2.48. The molecule has 2 aromatic rings. The van der Waals surface area contributed by atoms with E-state index in [4.69, 9.17) is 4.74 Å². The molecule has 0 spiro atoms. The van der Waals surface area contributed by atoms with E-state index >= 15 is 0 Å². The van der Waals surface area contributed by atoms with E-state index in [9.17, 15) is 9.59 Å². The van der Waals surface area contributed by atoms with Gasteiger partial charge in [-0.2, -0.15) is 0 Å². The number of allylic oxidation sites excluding steroid dienone is 1. The number of nitrogens with one attached hydrogen (secondary N) is 1. The van der Waals surface area contributed by atoms with Gasteiger partial charge in [-0.25, -0.2) is 9.69 Å². The molecule has 2 heterocycles. The lowest BCUT2D eigenvalue weighted by Gasteiger charge is -2.34. The summed E-state index contributed by atoms with van der Waals surface area (Å²) in [5, 5.41) is 1.12. The minimum Gasteiger partial charge on any atom is -0.440 e. The summed E-state index contributed by atoms with van der Waals surface area (Å²) in [5.74, 6) is -0.304. The normalized spacial score (nSPS) is 19.1. The third-order valence-corrected chi connectivity index (χ3v) is 5.39. The molecule has 5 heteroatoms. The molecule has 1 fully saturated rings. The number of aromatic nitrogens is 1. The largest absolute Gasteiger partial charge is 0.440 e. The topological polar surface area (TPSA) is 62.4 Å². The van der Waals surface area contributed by atoms with Crippen molar-refractivity contribution in [2.45, 2.75) is 64.5 Å². The second-order valence-corrected chi connectivity index (χ2v) is 7.22. The number of para-hydroxylation sites is 1. The van der Waals surface area contributed by atoms with E-state index in [2.05, 4.69) is 24.9 Å². The Morgan fingerprint density at radius 1 is 1.26 bits per heavy atom. The number of H-pyrrole nitrogens is 1. The zero-order chi connectivity index (χ0) is 19.4. The molecule has 2 amide bonds. The van der Waals surface area contributed by atoms with E-state index in [1.54, 1.807) is 13.0 Å². The fourth-order valence-corrected chi connectivity index (χ4v) is 4.31. The first kappa shape index (κ1) is 19.2. The highest BCUT2D eigenvalue weighted by Gasteiger charge is 2.54. The standard InChI is InChI=1S/C22H28N2O3/c1-4-9-20(25)24-19(22(12-5-2,13-6-3)27-21(24)26)14-16-15-23-18-11-8-7-10-17(16)18/h4,7-11,15,19,23H,5-6,12-14H2,1-3H3/b9-4+/t19-/m0/s1. The van der Waals surface area contributed by atoms with Gasteiger partial charge in [-0.05, 0) is 43.9 Å². The van der Waals surface area contributed by atoms with Crippen LogP contribution in [-0.2, 0) is 16.0 Å². The van der Waals surface area contributed by atoms with Crippen LogP contribution in [0.5, 0.6) is 0 Å². The zero-order valence-electron chi connectivity index (χ0n) is 16.3. The van der Waals surface area contributed by atoms with E-state index < -0.39 is 11.7 Å². The Morgan fingerprint density at radius 2 is 1.96 bits per heavy atom. The van der Waals surface area contributed by atoms with Gasteiger partial charge in [-0.1, -0.05) is 51.0 Å². The van der Waals surface area contributed by atoms with E-state index in [0.717, 1.165) is 42.1 Å². The minimum absolute atomic E-state index is 0.304. The SMILES string of the molecule is C/C=C/C(=O)N1C(=O)OC(CCC)(CCC)[C@@H]1Cc1c[nH]c2ccccc12. The second kappa shape index (κ2) is 7.99. The number of hydrogen-bond donors (Lipinski definition) is 1. The molecular formula is C22H28N2O3. The predicted molar refractivity (Wildman–Crippen MR) is 106 cm³/mol. The minimum atomic E-state index is -0.629. The smallest absolute Gasteiger partial charge is 0.417 e. The number of carbonyl (C=O) groups is 2. The average Bonchev–Trinajstić information content (AvgIpc) is 3.16. The van der Waals surface area contributed by atoms with Crippen LogP contribution in [0.15, 0.2) is 42.6 Å². The van der Waals surface area contributed by atoms with E-state index in [0.29, 0.717) is 6.42 Å². The molecule has 1 aromatic heterocycles. The summed E-state index contributed by atoms with van der Waals surface area (Å²) in [6.07, 6.45) is 8.43. The molecule has 1 aliphatic rings. The first-order valence-electron chi connectivity index (χ1n) is 9.80. The number of rotatable bonds is 7. The molecule has 3 rings (SSSR count). The number of benzene rings is 1. The number of nitrogens with zero attached hydrogens (tertiary/aromatic N) is 1. The summed E-state index contributed by atoms with van der Waals surface area (Å²) in [6, 6.07) is 7.78. The lowest BCUT2D eigenvalue weighted by atomic mass is 9.82. The third-order valence-electron chi connectivity index (χ3n) is 5.39. The van der Waals surface area contributed by atoms with Gasteiger partial charge in [0.05, 0.1) is 6.04 Å². The van der Waals surface area contributed by atoms with Crippen LogP contribution < -0.4 is 0 Å². The van der Waals surface area contributed by atoms with Crippen molar-refractivity contribution in [3.8, 4) is 0 Å². The fourth-order valence-electron chi connectivity index (χ4n) is 4.31. The number of amides is 2. The molecular weight excluding hydrogens is 340 g/mol. The molecule has 0 unspecified atom stereocenters. The van der Waals surface area contributed by atoms with Gasteiger partial charge in [0.25, 0.3) is 5.91 Å². The van der Waals surface area contributed by atoms with Crippen LogP contribution in [-0.4, -0.2) is 33.5 Å². The van der Waals surface area contributed by atoms with Crippen molar-refractivity contribution in [3.05, 3.63) is 48.2 Å². The number of hydrogen-bond acceptors (Lipinski definition) is 3. The highest BCUT2D eigenvalue weighted by atomic mass is 16.6. The quantitative estimate of drug-likeness (QED) is 0.702. The van der Waals surface area contributed by atoms with Crippen molar-refractivity contribution in [3.63, 3.8) is 0 Å². The monoisotopic (exact) mass is 368 g/mol. The van der Waals surface area contributed by atoms with Crippen LogP contribution in [0.4, 0.5) is 4.79 Å². The molecule has 144 valence electrons. The summed E-state index contributed by atoms with van der Waals surface area (Å²) in [4.78, 5) is 30.0. The van der Waals surface area contributed by atoms with Gasteiger partial charge in [0.2, 0.25) is 0 Å². The Bertz CT molecular complexity index is 846. The van der Waals surface area contributed by atoms with Crippen LogP contribution in [0.1, 0.15) is 52.0 Å². The summed E-state index contributed by atoms with van der Waals surface area (Å²) in [5.41, 5.74) is 1.53. The van der Waals surface area contributed by atoms with Crippen LogP contribution in [0, 0.1) is 0 Å². The van der Waals surface area contributed by atoms with Gasteiger partial charge in [-0.15, -0.1) is 0 Å². The van der Waals surface area contributed by atoms with Crippen LogP contribution in [0.2, 0.25) is 0 Å². The van der Waals surface area contributed by atoms with Gasteiger partial charge in [0.15, 0.2) is 0 Å². The van der Waals surface area contributed by atoms with Crippen molar-refractivity contribution in [1.29, 1.82) is 0 Å². The molecule has 1 atom stereocenters. The molecule has 1 saturated heterocycles. The Kier molecular flexibility index (Phi) is 5.68. The Hall–Kier alpha value is -2.56. The van der Waals surface area contributed by atoms with Crippen LogP contribution >= 0.6 is 0 Å². The second-order valence-electron chi connectivity index (χ2n) is 7.22. The molecule has 0 radical (unpaired) electrons. The van der Waals surface area contributed by atoms with Crippen molar-refractivity contribution >= 4 is 22.9 Å². The Labute approximate surface area is 160 Å². The maximum absolute atomic E-state index is 12.7. The molecule has 1 N–H and O–H groups in total. The Balaban J connectivity index is 2.04. The predicted octanol–water partition coefficient (Wildman–Crippen LogP) is 4.97. The van der Waals surface area contributed by atoms with Gasteiger partial charge < -0.3 is 9.72 Å². The molecule has 27 heavy (non-hydrogen) atoms. The van der Waals surface area contributed by atoms with Gasteiger partial charge >= 0.3 is 6.09 Å². The number of ether oxygens (including phenoxy) is 1. The van der Waals surface area contributed by atoms with Crippen LogP contribution in [0.25, 0.3) is 10.9 Å². The maximum atomic E-state index is 12.7. The summed E-state index contributed by atoms with van der Waals surface area (Å²) >= 11 is 0. The average molecular weight is 368 g/mol. The van der Waals surface area contributed by atoms with Crippen molar-refractivity contribution in [1.82, 2.24) is 9.88 Å². The lowest BCUT2D eigenvalue weighted by molar-refractivity contribution is -0.124. The van der Waals surface area contributed by atoms with Crippen molar-refractivity contribution in [2.75, 3.05) is 0 Å². The number of cyclic esters (lactones) is 1. The van der Waals surface area contributed by atoms with Crippen molar-refractivity contribution < 1.29 is 14.3 Å². The zero-order valence-corrected chi connectivity index (χ0v) is 16.3. The third kappa shape index (κ3) is 3.51. The van der Waals surface area contributed by atoms with Gasteiger partial charge in [0, 0.05) is 17.1 Å². The first-order chi connectivity index (χ1) is 13.1. The molecule has 1 aliphatic heterocycles. The first-order valence-corrected chi connectivity index (χ1v) is 9.80. The summed E-state index contributed by atoms with van der Waals surface area (Å²) < 4.78 is 5.91. The number of aromatic amines is 1. The van der Waals surface area contributed by atoms with Crippen molar-refractivity contribution in [2.24, 2.45) is 0 Å². The molecule has 0 aliphatic carbocycles. The number of carbonyl (C=O) groups excluding carboxylic acids is 2. The Morgan fingerprint density at radius 3 is 2.63 bits per heavy atom. The molecule has 0 bridgehead atoms. The molecule has 1 aromatic carbocycles. The van der Waals surface area contributed by atoms with Gasteiger partial charge in [-0.3, -0.25) is 4.79 Å². The maximum Gasteiger partial charge on any atom is 0.417 e. The summed E-state index contributed by atoms with van der Waals surface area (Å²) in [7, 11) is 0. The van der Waals surface area contributed by atoms with Gasteiger partial charge in [0.1, 0.15) is 5.60 Å². The van der Waals surface area contributed by atoms with E-state index in [1.807, 2.05) is 24.4 Å². The number of fused-ring (bicyclic) bond motifs is 1. The highest BCUT2D eigenvalue weighted by Crippen LogP contribution is 2.40. The molecule has 0 saturated carbocycles. The molecule has 5 nitrogen and oxygen atoms in total. The van der Waals surface area contributed by atoms with Crippen LogP contribution in [0.3, 0.4) is 0 Å². The summed E-state index contributed by atoms with van der Waals surface area (Å²) in [6.45, 7) is 5.95. The van der Waals surface area contributed by atoms with E-state index in [1.165, 1.54) is 11.0 Å². The van der Waals surface area contributed by atoms with E-state index in [-0.39, 0.29) is 11.9 Å². The highest BCUT2D eigenvalue weighted by molar-refractivity contribution is 6.00.